The largest absolute Gasteiger partial charge is 0.381 e. The SMILES string of the molecule is CNC(CN1CCCN2CCCC2C1)C1CCOC1. The fourth-order valence-corrected chi connectivity index (χ4v) is 4.07. The predicted molar refractivity (Wildman–Crippen MR) is 77.4 cm³/mol. The lowest BCUT2D eigenvalue weighted by Gasteiger charge is -2.31. The molecule has 3 fully saturated rings. The van der Waals surface area contributed by atoms with Crippen molar-refractivity contribution in [2.75, 3.05) is 53.0 Å². The maximum Gasteiger partial charge on any atom is 0.0510 e. The van der Waals surface area contributed by atoms with Gasteiger partial charge in [-0.15, -0.1) is 0 Å². The molecule has 0 bridgehead atoms. The minimum atomic E-state index is 0.607. The number of nitrogens with one attached hydrogen (secondary N) is 1. The summed E-state index contributed by atoms with van der Waals surface area (Å²) in [6.45, 7) is 8.33. The van der Waals surface area contributed by atoms with Crippen LogP contribution in [0.1, 0.15) is 25.7 Å². The Bertz CT molecular complexity index is 281. The van der Waals surface area contributed by atoms with Gasteiger partial charge in [0, 0.05) is 37.7 Å². The molecule has 4 nitrogen and oxygen atoms in total. The molecular formula is C15H29N3O. The summed E-state index contributed by atoms with van der Waals surface area (Å²) in [5, 5.41) is 3.54. The van der Waals surface area contributed by atoms with Crippen molar-refractivity contribution in [3.05, 3.63) is 0 Å². The summed E-state index contributed by atoms with van der Waals surface area (Å²) in [7, 11) is 2.11. The Morgan fingerprint density at radius 1 is 1.21 bits per heavy atom. The van der Waals surface area contributed by atoms with Crippen molar-refractivity contribution in [1.29, 1.82) is 0 Å². The molecule has 3 rings (SSSR count). The van der Waals surface area contributed by atoms with Crippen LogP contribution in [0.3, 0.4) is 0 Å². The van der Waals surface area contributed by atoms with E-state index in [1.54, 1.807) is 0 Å². The van der Waals surface area contributed by atoms with Gasteiger partial charge in [-0.05, 0) is 52.4 Å². The summed E-state index contributed by atoms with van der Waals surface area (Å²) >= 11 is 0. The average Bonchev–Trinajstić information content (AvgIpc) is 3.05. The maximum absolute atomic E-state index is 5.56. The highest BCUT2D eigenvalue weighted by Crippen LogP contribution is 2.23. The molecule has 0 saturated carbocycles. The Morgan fingerprint density at radius 2 is 2.11 bits per heavy atom. The van der Waals surface area contributed by atoms with Crippen LogP contribution in [0.15, 0.2) is 0 Å². The molecule has 0 aromatic carbocycles. The molecule has 0 spiro atoms. The number of ether oxygens (including phenoxy) is 1. The molecule has 1 N–H and O–H groups in total. The number of likely N-dealkylation sites (N-methyl/N-ethyl adjacent to an activating group) is 1. The maximum atomic E-state index is 5.56. The van der Waals surface area contributed by atoms with Gasteiger partial charge in [0.25, 0.3) is 0 Å². The molecule has 0 aromatic heterocycles. The van der Waals surface area contributed by atoms with E-state index in [2.05, 4.69) is 22.2 Å². The van der Waals surface area contributed by atoms with Crippen LogP contribution >= 0.6 is 0 Å². The van der Waals surface area contributed by atoms with Crippen LogP contribution in [0.5, 0.6) is 0 Å². The zero-order valence-corrected chi connectivity index (χ0v) is 12.3. The standard InChI is InChI=1S/C15H29N3O/c1-16-15(13-5-9-19-12-13)11-17-6-3-8-18-7-2-4-14(18)10-17/h13-16H,2-12H2,1H3. The van der Waals surface area contributed by atoms with Crippen molar-refractivity contribution in [3.8, 4) is 0 Å². The molecule has 0 aromatic rings. The van der Waals surface area contributed by atoms with Crippen molar-refractivity contribution in [2.45, 2.75) is 37.8 Å². The van der Waals surface area contributed by atoms with E-state index in [1.165, 1.54) is 58.4 Å². The Kier molecular flexibility index (Phi) is 4.74. The van der Waals surface area contributed by atoms with Crippen molar-refractivity contribution in [2.24, 2.45) is 5.92 Å². The van der Waals surface area contributed by atoms with E-state index >= 15 is 0 Å². The van der Waals surface area contributed by atoms with Gasteiger partial charge >= 0.3 is 0 Å². The second kappa shape index (κ2) is 6.53. The quantitative estimate of drug-likeness (QED) is 0.815. The van der Waals surface area contributed by atoms with E-state index in [4.69, 9.17) is 4.74 Å². The Labute approximate surface area is 117 Å². The molecule has 0 aliphatic carbocycles. The molecule has 110 valence electrons. The summed E-state index contributed by atoms with van der Waals surface area (Å²) in [6, 6.07) is 1.44. The smallest absolute Gasteiger partial charge is 0.0510 e. The highest BCUT2D eigenvalue weighted by molar-refractivity contribution is 4.88. The third-order valence-corrected chi connectivity index (χ3v) is 5.25. The van der Waals surface area contributed by atoms with E-state index in [0.717, 1.165) is 19.3 Å². The molecule has 3 aliphatic heterocycles. The van der Waals surface area contributed by atoms with Gasteiger partial charge in [0.15, 0.2) is 0 Å². The third kappa shape index (κ3) is 3.30. The number of hydrogen-bond acceptors (Lipinski definition) is 4. The molecule has 0 radical (unpaired) electrons. The van der Waals surface area contributed by atoms with E-state index in [0.29, 0.717) is 12.0 Å². The van der Waals surface area contributed by atoms with Gasteiger partial charge in [-0.1, -0.05) is 0 Å². The first-order valence-corrected chi connectivity index (χ1v) is 8.08. The molecule has 0 amide bonds. The van der Waals surface area contributed by atoms with Gasteiger partial charge in [-0.2, -0.15) is 0 Å². The highest BCUT2D eigenvalue weighted by atomic mass is 16.5. The van der Waals surface area contributed by atoms with Gasteiger partial charge in [0.1, 0.15) is 0 Å². The van der Waals surface area contributed by atoms with Gasteiger partial charge < -0.3 is 15.0 Å². The topological polar surface area (TPSA) is 27.7 Å². The number of nitrogens with zero attached hydrogens (tertiary/aromatic N) is 2. The van der Waals surface area contributed by atoms with Crippen LogP contribution in [-0.2, 0) is 4.74 Å². The molecule has 4 heteroatoms. The summed E-state index contributed by atoms with van der Waals surface area (Å²) in [5.41, 5.74) is 0. The van der Waals surface area contributed by atoms with Crippen LogP contribution in [0.4, 0.5) is 0 Å². The van der Waals surface area contributed by atoms with Crippen LogP contribution in [-0.4, -0.2) is 74.9 Å². The van der Waals surface area contributed by atoms with Crippen LogP contribution in [0, 0.1) is 5.92 Å². The number of fused-ring (bicyclic) bond motifs is 1. The number of rotatable bonds is 4. The monoisotopic (exact) mass is 267 g/mol. The second-order valence-electron chi connectivity index (χ2n) is 6.46. The van der Waals surface area contributed by atoms with Crippen molar-refractivity contribution in [1.82, 2.24) is 15.1 Å². The van der Waals surface area contributed by atoms with Gasteiger partial charge in [-0.25, -0.2) is 0 Å². The molecule has 3 aliphatic rings. The Hall–Kier alpha value is -0.160. The zero-order valence-electron chi connectivity index (χ0n) is 12.3. The summed E-state index contributed by atoms with van der Waals surface area (Å²) in [4.78, 5) is 5.42. The third-order valence-electron chi connectivity index (χ3n) is 5.25. The van der Waals surface area contributed by atoms with E-state index < -0.39 is 0 Å². The lowest BCUT2D eigenvalue weighted by atomic mass is 9.98. The lowest BCUT2D eigenvalue weighted by molar-refractivity contribution is 0.158. The lowest BCUT2D eigenvalue weighted by Crippen LogP contribution is -2.46. The fraction of sp³-hybridized carbons (Fsp3) is 1.00. The van der Waals surface area contributed by atoms with Gasteiger partial charge in [0.2, 0.25) is 0 Å². The van der Waals surface area contributed by atoms with Gasteiger partial charge in [-0.3, -0.25) is 4.90 Å². The summed E-state index contributed by atoms with van der Waals surface area (Å²) in [5.74, 6) is 0.716. The Morgan fingerprint density at radius 3 is 2.89 bits per heavy atom. The summed E-state index contributed by atoms with van der Waals surface area (Å²) < 4.78 is 5.56. The first-order valence-electron chi connectivity index (χ1n) is 8.08. The highest BCUT2D eigenvalue weighted by Gasteiger charge is 2.31. The van der Waals surface area contributed by atoms with Crippen molar-refractivity contribution < 1.29 is 4.74 Å². The fourth-order valence-electron chi connectivity index (χ4n) is 4.07. The molecule has 19 heavy (non-hydrogen) atoms. The van der Waals surface area contributed by atoms with E-state index in [-0.39, 0.29) is 0 Å². The Balaban J connectivity index is 1.55. The number of hydrogen-bond donors (Lipinski definition) is 1. The van der Waals surface area contributed by atoms with Crippen molar-refractivity contribution >= 4 is 0 Å². The normalized spacial score (nSPS) is 35.2. The molecule has 3 unspecified atom stereocenters. The average molecular weight is 267 g/mol. The molecular weight excluding hydrogens is 238 g/mol. The van der Waals surface area contributed by atoms with Gasteiger partial charge in [0.05, 0.1) is 6.61 Å². The van der Waals surface area contributed by atoms with E-state index in [9.17, 15) is 0 Å². The van der Waals surface area contributed by atoms with Crippen molar-refractivity contribution in [3.63, 3.8) is 0 Å². The predicted octanol–water partition coefficient (Wildman–Crippen LogP) is 0.781. The van der Waals surface area contributed by atoms with Crippen LogP contribution in [0.25, 0.3) is 0 Å². The first kappa shape index (κ1) is 13.8. The first-order chi connectivity index (χ1) is 9.36. The minimum Gasteiger partial charge on any atom is -0.381 e. The molecule has 3 atom stereocenters. The van der Waals surface area contributed by atoms with Crippen LogP contribution < -0.4 is 5.32 Å². The van der Waals surface area contributed by atoms with Crippen LogP contribution in [0.2, 0.25) is 0 Å². The van der Waals surface area contributed by atoms with E-state index in [1.807, 2.05) is 0 Å². The summed E-state index contributed by atoms with van der Waals surface area (Å²) in [6.07, 6.45) is 5.39. The molecule has 3 heterocycles. The minimum absolute atomic E-state index is 0.607. The molecule has 3 saturated heterocycles. The zero-order chi connectivity index (χ0) is 13.1. The second-order valence-corrected chi connectivity index (χ2v) is 6.46.